The van der Waals surface area contributed by atoms with E-state index in [9.17, 15) is 18.3 Å². The maximum Gasteiger partial charge on any atom is 0.417 e. The number of aliphatic hydroxyl groups is 1. The number of hydrogen-bond acceptors (Lipinski definition) is 2. The first-order valence-electron chi connectivity index (χ1n) is 5.30. The van der Waals surface area contributed by atoms with Crippen molar-refractivity contribution in [1.82, 2.24) is 5.32 Å². The SMILES string of the molecule is CC(C)NC1CCC(O)(C(F)(F)F)CC1. The van der Waals surface area contributed by atoms with Crippen LogP contribution in [0.4, 0.5) is 13.2 Å². The van der Waals surface area contributed by atoms with Gasteiger partial charge in [-0.3, -0.25) is 0 Å². The zero-order valence-electron chi connectivity index (χ0n) is 9.06. The molecule has 0 saturated heterocycles. The zero-order chi connectivity index (χ0) is 11.7. The molecular weight excluding hydrogens is 207 g/mol. The normalized spacial score (nSPS) is 33.4. The Bertz CT molecular complexity index is 207. The molecule has 1 saturated carbocycles. The van der Waals surface area contributed by atoms with Crippen LogP contribution in [0.5, 0.6) is 0 Å². The van der Waals surface area contributed by atoms with Crippen molar-refractivity contribution in [1.29, 1.82) is 0 Å². The highest BCUT2D eigenvalue weighted by atomic mass is 19.4. The van der Waals surface area contributed by atoms with Crippen LogP contribution in [0.1, 0.15) is 39.5 Å². The molecule has 0 bridgehead atoms. The predicted octanol–water partition coefficient (Wildman–Crippen LogP) is 2.22. The molecule has 0 aliphatic heterocycles. The summed E-state index contributed by atoms with van der Waals surface area (Å²) in [5.41, 5.74) is -2.46. The van der Waals surface area contributed by atoms with E-state index >= 15 is 0 Å². The van der Waals surface area contributed by atoms with Crippen LogP contribution in [0, 0.1) is 0 Å². The van der Waals surface area contributed by atoms with Gasteiger partial charge in [-0.15, -0.1) is 0 Å². The first kappa shape index (κ1) is 12.8. The molecule has 90 valence electrons. The fraction of sp³-hybridized carbons (Fsp3) is 1.00. The number of rotatable bonds is 2. The summed E-state index contributed by atoms with van der Waals surface area (Å²) in [6.45, 7) is 3.93. The van der Waals surface area contributed by atoms with Crippen LogP contribution in [-0.2, 0) is 0 Å². The molecular formula is C10H18F3NO. The standard InChI is InChI=1S/C10H18F3NO/c1-7(2)14-8-3-5-9(15,6-4-8)10(11,12)13/h7-8,14-15H,3-6H2,1-2H3. The molecule has 2 nitrogen and oxygen atoms in total. The van der Waals surface area contributed by atoms with E-state index in [2.05, 4.69) is 5.32 Å². The van der Waals surface area contributed by atoms with Crippen molar-refractivity contribution in [2.45, 2.75) is 63.4 Å². The predicted molar refractivity (Wildman–Crippen MR) is 51.5 cm³/mol. The van der Waals surface area contributed by atoms with Crippen LogP contribution < -0.4 is 5.32 Å². The van der Waals surface area contributed by atoms with E-state index in [4.69, 9.17) is 0 Å². The smallest absolute Gasteiger partial charge is 0.380 e. The fourth-order valence-electron chi connectivity index (χ4n) is 2.02. The van der Waals surface area contributed by atoms with Crippen LogP contribution in [0.25, 0.3) is 0 Å². The van der Waals surface area contributed by atoms with E-state index in [1.807, 2.05) is 13.8 Å². The minimum absolute atomic E-state index is 0.104. The maximum absolute atomic E-state index is 12.4. The topological polar surface area (TPSA) is 32.3 Å². The van der Waals surface area contributed by atoms with Gasteiger partial charge >= 0.3 is 6.18 Å². The highest BCUT2D eigenvalue weighted by Crippen LogP contribution is 2.41. The molecule has 0 aromatic rings. The number of alkyl halides is 3. The molecule has 0 aromatic carbocycles. The zero-order valence-corrected chi connectivity index (χ0v) is 9.06. The lowest BCUT2D eigenvalue weighted by Crippen LogP contribution is -2.51. The summed E-state index contributed by atoms with van der Waals surface area (Å²) in [5.74, 6) is 0. The van der Waals surface area contributed by atoms with Gasteiger partial charge in [-0.1, -0.05) is 13.8 Å². The summed E-state index contributed by atoms with van der Waals surface area (Å²) >= 11 is 0. The third-order valence-corrected chi connectivity index (χ3v) is 2.91. The average Bonchev–Trinajstić information content (AvgIpc) is 2.06. The van der Waals surface area contributed by atoms with E-state index in [0.29, 0.717) is 12.8 Å². The monoisotopic (exact) mass is 225 g/mol. The van der Waals surface area contributed by atoms with Gasteiger partial charge in [0.05, 0.1) is 0 Å². The quantitative estimate of drug-likeness (QED) is 0.755. The van der Waals surface area contributed by atoms with E-state index in [-0.39, 0.29) is 24.9 Å². The van der Waals surface area contributed by atoms with Crippen molar-refractivity contribution in [2.24, 2.45) is 0 Å². The molecule has 1 fully saturated rings. The summed E-state index contributed by atoms with van der Waals surface area (Å²) in [5, 5.41) is 12.6. The van der Waals surface area contributed by atoms with Crippen LogP contribution in [-0.4, -0.2) is 29.0 Å². The Morgan fingerprint density at radius 3 is 2.07 bits per heavy atom. The molecule has 0 radical (unpaired) electrons. The van der Waals surface area contributed by atoms with Gasteiger partial charge in [0, 0.05) is 12.1 Å². The highest BCUT2D eigenvalue weighted by molar-refractivity contribution is 4.93. The van der Waals surface area contributed by atoms with Crippen molar-refractivity contribution >= 4 is 0 Å². The number of nitrogens with one attached hydrogen (secondary N) is 1. The molecule has 0 atom stereocenters. The number of hydrogen-bond donors (Lipinski definition) is 2. The third-order valence-electron chi connectivity index (χ3n) is 2.91. The van der Waals surface area contributed by atoms with Gasteiger partial charge in [-0.25, -0.2) is 0 Å². The summed E-state index contributed by atoms with van der Waals surface area (Å²) in [6.07, 6.45) is -4.11. The second kappa shape index (κ2) is 4.29. The van der Waals surface area contributed by atoms with Crippen molar-refractivity contribution in [2.75, 3.05) is 0 Å². The summed E-state index contributed by atoms with van der Waals surface area (Å²) in [7, 11) is 0. The third kappa shape index (κ3) is 3.08. The van der Waals surface area contributed by atoms with E-state index in [1.165, 1.54) is 0 Å². The molecule has 1 aliphatic carbocycles. The minimum atomic E-state index is -4.49. The molecule has 1 rings (SSSR count). The van der Waals surface area contributed by atoms with Crippen molar-refractivity contribution < 1.29 is 18.3 Å². The molecule has 0 amide bonds. The number of halogens is 3. The first-order valence-corrected chi connectivity index (χ1v) is 5.30. The van der Waals surface area contributed by atoms with Gasteiger partial charge in [0.1, 0.15) is 0 Å². The van der Waals surface area contributed by atoms with Gasteiger partial charge in [0.25, 0.3) is 0 Å². The van der Waals surface area contributed by atoms with E-state index in [1.54, 1.807) is 0 Å². The van der Waals surface area contributed by atoms with Gasteiger partial charge < -0.3 is 10.4 Å². The lowest BCUT2D eigenvalue weighted by molar-refractivity contribution is -0.270. The van der Waals surface area contributed by atoms with Crippen molar-refractivity contribution in [3.05, 3.63) is 0 Å². The van der Waals surface area contributed by atoms with E-state index < -0.39 is 11.8 Å². The minimum Gasteiger partial charge on any atom is -0.380 e. The Hall–Kier alpha value is -0.290. The van der Waals surface area contributed by atoms with Crippen LogP contribution in [0.2, 0.25) is 0 Å². The molecule has 15 heavy (non-hydrogen) atoms. The molecule has 2 N–H and O–H groups in total. The summed E-state index contributed by atoms with van der Waals surface area (Å²) in [6, 6.07) is 0.375. The maximum atomic E-state index is 12.4. The van der Waals surface area contributed by atoms with Crippen molar-refractivity contribution in [3.63, 3.8) is 0 Å². The van der Waals surface area contributed by atoms with Crippen molar-refractivity contribution in [3.8, 4) is 0 Å². The molecule has 0 spiro atoms. The summed E-state index contributed by atoms with van der Waals surface area (Å²) < 4.78 is 37.3. The van der Waals surface area contributed by atoms with E-state index in [0.717, 1.165) is 0 Å². The first-order chi connectivity index (χ1) is 6.74. The molecule has 0 aromatic heterocycles. The molecule has 0 unspecified atom stereocenters. The van der Waals surface area contributed by atoms with Gasteiger partial charge in [-0.2, -0.15) is 13.2 Å². The summed E-state index contributed by atoms with van der Waals surface area (Å²) in [4.78, 5) is 0. The van der Waals surface area contributed by atoms with Crippen LogP contribution >= 0.6 is 0 Å². The Morgan fingerprint density at radius 1 is 1.27 bits per heavy atom. The second-order valence-electron chi connectivity index (χ2n) is 4.62. The fourth-order valence-corrected chi connectivity index (χ4v) is 2.02. The van der Waals surface area contributed by atoms with Gasteiger partial charge in [0.2, 0.25) is 0 Å². The Morgan fingerprint density at radius 2 is 1.73 bits per heavy atom. The Balaban J connectivity index is 2.48. The lowest BCUT2D eigenvalue weighted by Gasteiger charge is -2.38. The van der Waals surface area contributed by atoms with Crippen LogP contribution in [0.15, 0.2) is 0 Å². The average molecular weight is 225 g/mol. The largest absolute Gasteiger partial charge is 0.417 e. The molecule has 5 heteroatoms. The molecule has 1 aliphatic rings. The second-order valence-corrected chi connectivity index (χ2v) is 4.62. The van der Waals surface area contributed by atoms with Crippen LogP contribution in [0.3, 0.4) is 0 Å². The lowest BCUT2D eigenvalue weighted by atomic mass is 9.81. The Kier molecular flexibility index (Phi) is 3.66. The van der Waals surface area contributed by atoms with Gasteiger partial charge in [-0.05, 0) is 25.7 Å². The highest BCUT2D eigenvalue weighted by Gasteiger charge is 2.54. The Labute approximate surface area is 87.9 Å². The molecule has 0 heterocycles. The van der Waals surface area contributed by atoms with Gasteiger partial charge in [0.15, 0.2) is 5.60 Å².